The lowest BCUT2D eigenvalue weighted by Crippen LogP contribution is -2.50. The third-order valence-electron chi connectivity index (χ3n) is 3.86. The highest BCUT2D eigenvalue weighted by Gasteiger charge is 2.32. The summed E-state index contributed by atoms with van der Waals surface area (Å²) in [6.07, 6.45) is 3.37. The molecule has 0 aromatic carbocycles. The van der Waals surface area contributed by atoms with Crippen molar-refractivity contribution >= 4 is 5.91 Å². The number of carbonyl (C=O) groups excluding carboxylic acids is 1. The van der Waals surface area contributed by atoms with Crippen LogP contribution in [0.15, 0.2) is 0 Å². The molecule has 0 aliphatic carbocycles. The van der Waals surface area contributed by atoms with Crippen LogP contribution in [0.5, 0.6) is 0 Å². The molecular weight excluding hydrogens is 204 g/mol. The molecule has 0 bridgehead atoms. The number of amides is 1. The molecule has 0 aromatic rings. The summed E-state index contributed by atoms with van der Waals surface area (Å²) in [5.41, 5.74) is 0. The third kappa shape index (κ3) is 2.55. The first kappa shape index (κ1) is 11.9. The number of aliphatic hydroxyl groups is 1. The van der Waals surface area contributed by atoms with Gasteiger partial charge in [-0.05, 0) is 39.2 Å². The van der Waals surface area contributed by atoms with E-state index in [-0.39, 0.29) is 17.9 Å². The van der Waals surface area contributed by atoms with Crippen LogP contribution in [0.3, 0.4) is 0 Å². The lowest BCUT2D eigenvalue weighted by Gasteiger charge is -2.36. The molecule has 4 nitrogen and oxygen atoms in total. The van der Waals surface area contributed by atoms with Crippen molar-refractivity contribution in [1.29, 1.82) is 0 Å². The average Bonchev–Trinajstić information content (AvgIpc) is 2.30. The van der Waals surface area contributed by atoms with Gasteiger partial charge in [-0.3, -0.25) is 4.79 Å². The van der Waals surface area contributed by atoms with Gasteiger partial charge in [0, 0.05) is 19.1 Å². The number of likely N-dealkylation sites (tertiary alicyclic amines) is 1. The molecule has 2 unspecified atom stereocenters. The van der Waals surface area contributed by atoms with Crippen molar-refractivity contribution in [2.75, 3.05) is 19.6 Å². The third-order valence-corrected chi connectivity index (χ3v) is 3.86. The zero-order valence-electron chi connectivity index (χ0n) is 9.98. The van der Waals surface area contributed by atoms with Gasteiger partial charge < -0.3 is 15.3 Å². The summed E-state index contributed by atoms with van der Waals surface area (Å²) in [6.45, 7) is 4.58. The van der Waals surface area contributed by atoms with Gasteiger partial charge >= 0.3 is 0 Å². The number of hydrogen-bond acceptors (Lipinski definition) is 3. The molecule has 2 N–H and O–H groups in total. The minimum absolute atomic E-state index is 0.143. The van der Waals surface area contributed by atoms with E-state index >= 15 is 0 Å². The SMILES string of the molecule is CC1NCCCC1C(=O)N1CCC(O)CC1. The summed E-state index contributed by atoms with van der Waals surface area (Å²) < 4.78 is 0. The summed E-state index contributed by atoms with van der Waals surface area (Å²) in [5, 5.41) is 12.8. The highest BCUT2D eigenvalue weighted by Crippen LogP contribution is 2.21. The van der Waals surface area contributed by atoms with Crippen LogP contribution in [0, 0.1) is 5.92 Å². The highest BCUT2D eigenvalue weighted by molar-refractivity contribution is 5.79. The Morgan fingerprint density at radius 3 is 2.62 bits per heavy atom. The van der Waals surface area contributed by atoms with Crippen LogP contribution >= 0.6 is 0 Å². The van der Waals surface area contributed by atoms with Gasteiger partial charge in [-0.2, -0.15) is 0 Å². The Hall–Kier alpha value is -0.610. The zero-order valence-corrected chi connectivity index (χ0v) is 9.98. The van der Waals surface area contributed by atoms with E-state index in [1.165, 1.54) is 0 Å². The van der Waals surface area contributed by atoms with E-state index < -0.39 is 0 Å². The first-order valence-electron chi connectivity index (χ1n) is 6.38. The maximum Gasteiger partial charge on any atom is 0.227 e. The van der Waals surface area contributed by atoms with Crippen LogP contribution in [-0.2, 0) is 4.79 Å². The molecular formula is C12H22N2O2. The van der Waals surface area contributed by atoms with Crippen LogP contribution < -0.4 is 5.32 Å². The molecule has 4 heteroatoms. The van der Waals surface area contributed by atoms with E-state index in [9.17, 15) is 9.90 Å². The Labute approximate surface area is 97.0 Å². The van der Waals surface area contributed by atoms with E-state index in [4.69, 9.17) is 0 Å². The fourth-order valence-electron chi connectivity index (χ4n) is 2.70. The van der Waals surface area contributed by atoms with Crippen LogP contribution in [0.2, 0.25) is 0 Å². The van der Waals surface area contributed by atoms with Crippen molar-refractivity contribution in [3.05, 3.63) is 0 Å². The van der Waals surface area contributed by atoms with Crippen LogP contribution in [-0.4, -0.2) is 47.7 Å². The fourth-order valence-corrected chi connectivity index (χ4v) is 2.70. The van der Waals surface area contributed by atoms with Crippen molar-refractivity contribution in [3.8, 4) is 0 Å². The Kier molecular flexibility index (Phi) is 3.82. The summed E-state index contributed by atoms with van der Waals surface area (Å²) in [7, 11) is 0. The second-order valence-corrected chi connectivity index (χ2v) is 5.05. The molecule has 0 spiro atoms. The van der Waals surface area contributed by atoms with Crippen LogP contribution in [0.25, 0.3) is 0 Å². The molecule has 2 atom stereocenters. The van der Waals surface area contributed by atoms with Crippen LogP contribution in [0.1, 0.15) is 32.6 Å². The first-order valence-corrected chi connectivity index (χ1v) is 6.38. The lowest BCUT2D eigenvalue weighted by molar-refractivity contribution is -0.139. The van der Waals surface area contributed by atoms with E-state index in [0.29, 0.717) is 6.04 Å². The molecule has 2 aliphatic rings. The minimum Gasteiger partial charge on any atom is -0.393 e. The predicted molar refractivity (Wildman–Crippen MR) is 62.0 cm³/mol. The molecule has 92 valence electrons. The zero-order chi connectivity index (χ0) is 11.5. The molecule has 0 aromatic heterocycles. The molecule has 0 saturated carbocycles. The first-order chi connectivity index (χ1) is 7.68. The quantitative estimate of drug-likeness (QED) is 0.678. The van der Waals surface area contributed by atoms with Crippen molar-refractivity contribution in [2.24, 2.45) is 5.92 Å². The number of nitrogens with one attached hydrogen (secondary N) is 1. The Bertz CT molecular complexity index is 249. The molecule has 1 amide bonds. The molecule has 2 fully saturated rings. The highest BCUT2D eigenvalue weighted by atomic mass is 16.3. The Balaban J connectivity index is 1.90. The van der Waals surface area contributed by atoms with Gasteiger partial charge in [0.15, 0.2) is 0 Å². The van der Waals surface area contributed by atoms with E-state index in [2.05, 4.69) is 12.2 Å². The van der Waals surface area contributed by atoms with Crippen LogP contribution in [0.4, 0.5) is 0 Å². The smallest absolute Gasteiger partial charge is 0.227 e. The predicted octanol–water partition coefficient (Wildman–Crippen LogP) is 0.358. The number of piperidine rings is 2. The number of aliphatic hydroxyl groups excluding tert-OH is 1. The van der Waals surface area contributed by atoms with Gasteiger partial charge in [0.25, 0.3) is 0 Å². The standard InChI is InChI=1S/C12H22N2O2/c1-9-11(3-2-6-13-9)12(16)14-7-4-10(15)5-8-14/h9-11,13,15H,2-8H2,1H3. The van der Waals surface area contributed by atoms with Gasteiger partial charge in [-0.25, -0.2) is 0 Å². The van der Waals surface area contributed by atoms with E-state index in [1.54, 1.807) is 0 Å². The summed E-state index contributed by atoms with van der Waals surface area (Å²) in [6, 6.07) is 0.299. The van der Waals surface area contributed by atoms with E-state index in [0.717, 1.165) is 45.3 Å². The van der Waals surface area contributed by atoms with Gasteiger partial charge in [0.05, 0.1) is 12.0 Å². The van der Waals surface area contributed by atoms with Gasteiger partial charge in [0.1, 0.15) is 0 Å². The normalized spacial score (nSPS) is 32.8. The fraction of sp³-hybridized carbons (Fsp3) is 0.917. The largest absolute Gasteiger partial charge is 0.393 e. The lowest BCUT2D eigenvalue weighted by atomic mass is 9.90. The average molecular weight is 226 g/mol. The number of hydrogen-bond donors (Lipinski definition) is 2. The Morgan fingerprint density at radius 1 is 1.31 bits per heavy atom. The molecule has 2 aliphatic heterocycles. The van der Waals surface area contributed by atoms with Crippen molar-refractivity contribution in [3.63, 3.8) is 0 Å². The molecule has 16 heavy (non-hydrogen) atoms. The monoisotopic (exact) mass is 226 g/mol. The minimum atomic E-state index is -0.203. The Morgan fingerprint density at radius 2 is 2.00 bits per heavy atom. The second-order valence-electron chi connectivity index (χ2n) is 5.05. The van der Waals surface area contributed by atoms with Gasteiger partial charge in [0.2, 0.25) is 5.91 Å². The van der Waals surface area contributed by atoms with Gasteiger partial charge in [-0.15, -0.1) is 0 Å². The van der Waals surface area contributed by atoms with Crippen molar-refractivity contribution in [2.45, 2.75) is 44.8 Å². The number of carbonyl (C=O) groups is 1. The number of rotatable bonds is 1. The molecule has 2 rings (SSSR count). The number of nitrogens with zero attached hydrogens (tertiary/aromatic N) is 1. The van der Waals surface area contributed by atoms with Gasteiger partial charge in [-0.1, -0.05) is 0 Å². The summed E-state index contributed by atoms with van der Waals surface area (Å²) in [4.78, 5) is 14.2. The van der Waals surface area contributed by atoms with Crippen molar-refractivity contribution in [1.82, 2.24) is 10.2 Å². The topological polar surface area (TPSA) is 52.6 Å². The van der Waals surface area contributed by atoms with Crippen molar-refractivity contribution < 1.29 is 9.90 Å². The maximum absolute atomic E-state index is 12.3. The molecule has 2 heterocycles. The molecule has 0 radical (unpaired) electrons. The molecule has 2 saturated heterocycles. The second kappa shape index (κ2) is 5.15. The maximum atomic E-state index is 12.3. The van der Waals surface area contributed by atoms with E-state index in [1.807, 2.05) is 4.90 Å². The summed E-state index contributed by atoms with van der Waals surface area (Å²) in [5.74, 6) is 0.426. The summed E-state index contributed by atoms with van der Waals surface area (Å²) >= 11 is 0.